The molecule has 1 amide bonds. The van der Waals surface area contributed by atoms with Crippen LogP contribution in [0, 0.1) is 5.82 Å². The molecule has 0 aliphatic carbocycles. The average molecular weight is 515 g/mol. The smallest absolute Gasteiger partial charge is 0.416 e. The Morgan fingerprint density at radius 1 is 0.972 bits per heavy atom. The Morgan fingerprint density at radius 3 is 2.11 bits per heavy atom. The van der Waals surface area contributed by atoms with Gasteiger partial charge in [0.25, 0.3) is 5.91 Å². The Hall–Kier alpha value is -3.34. The molecular formula is C25H20F7NO3. The van der Waals surface area contributed by atoms with Gasteiger partial charge < -0.3 is 14.1 Å². The van der Waals surface area contributed by atoms with Crippen molar-refractivity contribution < 1.29 is 44.7 Å². The maximum absolute atomic E-state index is 13.5. The molecule has 1 aromatic heterocycles. The molecule has 3 unspecified atom stereocenters. The first-order valence-corrected chi connectivity index (χ1v) is 10.9. The summed E-state index contributed by atoms with van der Waals surface area (Å²) < 4.78 is 104. The van der Waals surface area contributed by atoms with E-state index in [1.54, 1.807) is 0 Å². The lowest BCUT2D eigenvalue weighted by Crippen LogP contribution is -2.30. The minimum Gasteiger partial charge on any atom is -0.459 e. The van der Waals surface area contributed by atoms with Crippen LogP contribution in [0.4, 0.5) is 30.7 Å². The average Bonchev–Trinajstić information content (AvgIpc) is 3.48. The number of furan rings is 1. The molecule has 4 rings (SSSR count). The van der Waals surface area contributed by atoms with Crippen LogP contribution in [-0.2, 0) is 17.1 Å². The minimum atomic E-state index is -4.99. The van der Waals surface area contributed by atoms with E-state index in [4.69, 9.17) is 9.15 Å². The third-order valence-electron chi connectivity index (χ3n) is 6.04. The molecule has 1 aliphatic heterocycles. The van der Waals surface area contributed by atoms with Crippen LogP contribution >= 0.6 is 0 Å². The van der Waals surface area contributed by atoms with Gasteiger partial charge in [-0.3, -0.25) is 4.79 Å². The molecule has 0 N–H and O–H groups in total. The van der Waals surface area contributed by atoms with Crippen LogP contribution in [0.5, 0.6) is 0 Å². The fourth-order valence-corrected chi connectivity index (χ4v) is 4.22. The molecule has 3 atom stereocenters. The molecule has 11 heteroatoms. The van der Waals surface area contributed by atoms with Gasteiger partial charge in [0, 0.05) is 19.0 Å². The number of hydrogen-bond acceptors (Lipinski definition) is 3. The molecule has 0 saturated carbocycles. The summed E-state index contributed by atoms with van der Waals surface area (Å²) in [6, 6.07) is 9.71. The molecule has 4 nitrogen and oxygen atoms in total. The summed E-state index contributed by atoms with van der Waals surface area (Å²) in [5.74, 6) is -1.40. The van der Waals surface area contributed by atoms with Crippen LogP contribution in [0.1, 0.15) is 51.8 Å². The van der Waals surface area contributed by atoms with Gasteiger partial charge in [-0.2, -0.15) is 26.3 Å². The molecule has 1 aliphatic rings. The highest BCUT2D eigenvalue weighted by atomic mass is 19.4. The summed E-state index contributed by atoms with van der Waals surface area (Å²) in [4.78, 5) is 14.2. The highest BCUT2D eigenvalue weighted by molar-refractivity contribution is 5.91. The molecule has 2 heterocycles. The summed E-state index contributed by atoms with van der Waals surface area (Å²) >= 11 is 0. The maximum atomic E-state index is 13.5. The molecule has 3 aromatic rings. The van der Waals surface area contributed by atoms with E-state index in [-0.39, 0.29) is 30.5 Å². The Labute approximate surface area is 201 Å². The molecule has 1 fully saturated rings. The van der Waals surface area contributed by atoms with Crippen LogP contribution in [0.2, 0.25) is 0 Å². The van der Waals surface area contributed by atoms with Gasteiger partial charge in [-0.05, 0) is 60.5 Å². The van der Waals surface area contributed by atoms with Gasteiger partial charge >= 0.3 is 12.4 Å². The lowest BCUT2D eigenvalue weighted by atomic mass is 9.95. The molecule has 0 spiro atoms. The predicted octanol–water partition coefficient (Wildman–Crippen LogP) is 6.84. The number of carbonyl (C=O) groups excluding carboxylic acids is 1. The second-order valence-electron chi connectivity index (χ2n) is 8.50. The number of alkyl halides is 6. The first-order chi connectivity index (χ1) is 16.8. The molecule has 36 heavy (non-hydrogen) atoms. The van der Waals surface area contributed by atoms with Crippen molar-refractivity contribution in [3.63, 3.8) is 0 Å². The van der Waals surface area contributed by atoms with E-state index >= 15 is 0 Å². The van der Waals surface area contributed by atoms with Crippen LogP contribution in [-0.4, -0.2) is 30.0 Å². The molecule has 1 saturated heterocycles. The number of ether oxygens (including phenoxy) is 1. The lowest BCUT2D eigenvalue weighted by Gasteiger charge is -2.25. The van der Waals surface area contributed by atoms with Crippen LogP contribution < -0.4 is 0 Å². The van der Waals surface area contributed by atoms with Crippen molar-refractivity contribution in [3.8, 4) is 0 Å². The van der Waals surface area contributed by atoms with Crippen LogP contribution in [0.25, 0.3) is 0 Å². The van der Waals surface area contributed by atoms with Crippen molar-refractivity contribution in [2.24, 2.45) is 0 Å². The second-order valence-corrected chi connectivity index (χ2v) is 8.50. The third kappa shape index (κ3) is 5.56. The summed E-state index contributed by atoms with van der Waals surface area (Å²) in [5, 5.41) is 0. The number of benzene rings is 2. The van der Waals surface area contributed by atoms with Crippen molar-refractivity contribution in [1.29, 1.82) is 0 Å². The van der Waals surface area contributed by atoms with Crippen molar-refractivity contribution in [2.45, 2.75) is 37.4 Å². The van der Waals surface area contributed by atoms with E-state index in [1.807, 2.05) is 0 Å². The fraction of sp³-hybridized carbons (Fsp3) is 0.320. The zero-order valence-corrected chi connectivity index (χ0v) is 18.7. The van der Waals surface area contributed by atoms with Gasteiger partial charge in [-0.15, -0.1) is 0 Å². The number of hydrogen-bond donors (Lipinski definition) is 0. The number of likely N-dealkylation sites (tertiary alicyclic amines) is 1. The van der Waals surface area contributed by atoms with E-state index in [2.05, 4.69) is 0 Å². The van der Waals surface area contributed by atoms with Crippen molar-refractivity contribution in [1.82, 2.24) is 4.90 Å². The number of carbonyl (C=O) groups is 1. The summed E-state index contributed by atoms with van der Waals surface area (Å²) in [5.41, 5.74) is -2.60. The van der Waals surface area contributed by atoms with Crippen molar-refractivity contribution >= 4 is 5.91 Å². The van der Waals surface area contributed by atoms with Gasteiger partial charge in [0.2, 0.25) is 0 Å². The van der Waals surface area contributed by atoms with E-state index in [1.165, 1.54) is 54.5 Å². The SMILES string of the molecule is CC(OC1CN(C(=O)c2ccco2)CC1c1ccc(F)cc1)c1cc(C(F)(F)F)cc(C(F)(F)F)c1. The van der Waals surface area contributed by atoms with Crippen molar-refractivity contribution in [3.05, 3.63) is 94.7 Å². The highest BCUT2D eigenvalue weighted by Crippen LogP contribution is 2.39. The normalized spacial score (nSPS) is 19.5. The van der Waals surface area contributed by atoms with E-state index in [0.29, 0.717) is 17.7 Å². The molecule has 0 radical (unpaired) electrons. The number of rotatable bonds is 5. The van der Waals surface area contributed by atoms with E-state index in [0.717, 1.165) is 0 Å². The van der Waals surface area contributed by atoms with Crippen LogP contribution in [0.3, 0.4) is 0 Å². The first-order valence-electron chi connectivity index (χ1n) is 10.9. The maximum Gasteiger partial charge on any atom is 0.416 e. The van der Waals surface area contributed by atoms with Gasteiger partial charge in [0.15, 0.2) is 5.76 Å². The summed E-state index contributed by atoms with van der Waals surface area (Å²) in [6.07, 6.45) is -10.6. The topological polar surface area (TPSA) is 42.7 Å². The fourth-order valence-electron chi connectivity index (χ4n) is 4.22. The number of nitrogens with zero attached hydrogens (tertiary/aromatic N) is 1. The highest BCUT2D eigenvalue weighted by Gasteiger charge is 2.40. The van der Waals surface area contributed by atoms with Gasteiger partial charge in [0.05, 0.1) is 29.6 Å². The van der Waals surface area contributed by atoms with Crippen LogP contribution in [0.15, 0.2) is 65.3 Å². The molecule has 192 valence electrons. The zero-order valence-electron chi connectivity index (χ0n) is 18.7. The Kier molecular flexibility index (Phi) is 6.87. The Balaban J connectivity index is 1.64. The molecule has 0 bridgehead atoms. The van der Waals surface area contributed by atoms with Gasteiger partial charge in [0.1, 0.15) is 5.82 Å². The first kappa shape index (κ1) is 25.7. The third-order valence-corrected chi connectivity index (χ3v) is 6.04. The quantitative estimate of drug-likeness (QED) is 0.350. The summed E-state index contributed by atoms with van der Waals surface area (Å²) in [6.45, 7) is 1.46. The molecular weight excluding hydrogens is 495 g/mol. The van der Waals surface area contributed by atoms with Gasteiger partial charge in [-0.1, -0.05) is 12.1 Å². The second kappa shape index (κ2) is 9.61. The van der Waals surface area contributed by atoms with E-state index in [9.17, 15) is 35.5 Å². The summed E-state index contributed by atoms with van der Waals surface area (Å²) in [7, 11) is 0. The zero-order chi connectivity index (χ0) is 26.3. The predicted molar refractivity (Wildman–Crippen MR) is 113 cm³/mol. The van der Waals surface area contributed by atoms with Crippen molar-refractivity contribution in [2.75, 3.05) is 13.1 Å². The Bertz CT molecular complexity index is 1170. The number of amides is 1. The largest absolute Gasteiger partial charge is 0.459 e. The standard InChI is InChI=1S/C25H20F7NO3/c1-14(16-9-17(24(27,28)29)11-18(10-16)25(30,31)32)36-22-13-33(23(34)21-3-2-8-35-21)12-20(22)15-4-6-19(26)7-5-15/h2-11,14,20,22H,12-13H2,1H3. The minimum absolute atomic E-state index is 0.00297. The monoisotopic (exact) mass is 515 g/mol. The number of halogens is 7. The lowest BCUT2D eigenvalue weighted by molar-refractivity contribution is -0.143. The van der Waals surface area contributed by atoms with E-state index < -0.39 is 53.3 Å². The molecule has 2 aromatic carbocycles. The van der Waals surface area contributed by atoms with Gasteiger partial charge in [-0.25, -0.2) is 4.39 Å². The Morgan fingerprint density at radius 2 is 1.58 bits per heavy atom.